The minimum atomic E-state index is -0.813. The fourth-order valence-electron chi connectivity index (χ4n) is 4.70. The van der Waals surface area contributed by atoms with Crippen molar-refractivity contribution in [1.29, 1.82) is 0 Å². The fraction of sp³-hybridized carbons (Fsp3) is 0.560. The summed E-state index contributed by atoms with van der Waals surface area (Å²) in [4.78, 5) is 37.9. The Hall–Kier alpha value is -3.03. The Bertz CT molecular complexity index is 1130. The minimum absolute atomic E-state index is 0.181. The highest BCUT2D eigenvalue weighted by molar-refractivity contribution is 5.92. The summed E-state index contributed by atoms with van der Waals surface area (Å²) in [5.74, 6) is -0.339. The van der Waals surface area contributed by atoms with Crippen molar-refractivity contribution in [3.63, 3.8) is 0 Å². The maximum absolute atomic E-state index is 12.8. The quantitative estimate of drug-likeness (QED) is 0.661. The molecule has 0 radical (unpaired) electrons. The topological polar surface area (TPSA) is 106 Å². The van der Waals surface area contributed by atoms with Crippen LogP contribution in [0.2, 0.25) is 0 Å². The number of hydrogen-bond acceptors (Lipinski definition) is 6. The number of benzene rings is 1. The molecular weight excluding hydrogens is 426 g/mol. The SMILES string of the molecule is CCCc1cc(=O)oc2c3c(cc(OCC(=O)N4CCC(C(=O)O)CC4)c12)OC(C)(C)CC3. The van der Waals surface area contributed by atoms with Crippen LogP contribution in [0.4, 0.5) is 0 Å². The highest BCUT2D eigenvalue weighted by Crippen LogP contribution is 2.43. The van der Waals surface area contributed by atoms with Gasteiger partial charge in [0.1, 0.15) is 22.7 Å². The van der Waals surface area contributed by atoms with E-state index >= 15 is 0 Å². The van der Waals surface area contributed by atoms with Crippen LogP contribution in [0.25, 0.3) is 11.0 Å². The van der Waals surface area contributed by atoms with E-state index in [1.54, 1.807) is 4.90 Å². The van der Waals surface area contributed by atoms with Gasteiger partial charge in [-0.2, -0.15) is 0 Å². The second-order valence-corrected chi connectivity index (χ2v) is 9.54. The van der Waals surface area contributed by atoms with Crippen LogP contribution in [0.3, 0.4) is 0 Å². The van der Waals surface area contributed by atoms with Gasteiger partial charge >= 0.3 is 11.6 Å². The molecule has 4 rings (SSSR count). The number of carbonyl (C=O) groups excluding carboxylic acids is 1. The maximum Gasteiger partial charge on any atom is 0.336 e. The molecule has 1 saturated heterocycles. The molecule has 8 nitrogen and oxygen atoms in total. The summed E-state index contributed by atoms with van der Waals surface area (Å²) in [6.45, 7) is 6.67. The Balaban J connectivity index is 1.64. The molecule has 0 unspecified atom stereocenters. The van der Waals surface area contributed by atoms with Crippen molar-refractivity contribution < 1.29 is 28.6 Å². The van der Waals surface area contributed by atoms with Crippen LogP contribution in [-0.2, 0) is 22.4 Å². The number of piperidine rings is 1. The van der Waals surface area contributed by atoms with E-state index < -0.39 is 17.5 Å². The number of carboxylic acid groups (broad SMARTS) is 1. The Morgan fingerprint density at radius 1 is 1.24 bits per heavy atom. The molecule has 1 aromatic heterocycles. The lowest BCUT2D eigenvalue weighted by Gasteiger charge is -2.33. The van der Waals surface area contributed by atoms with Crippen LogP contribution < -0.4 is 15.1 Å². The summed E-state index contributed by atoms with van der Waals surface area (Å²) in [7, 11) is 0. The van der Waals surface area contributed by atoms with Crippen LogP contribution in [0, 0.1) is 5.92 Å². The second-order valence-electron chi connectivity index (χ2n) is 9.54. The van der Waals surface area contributed by atoms with Crippen LogP contribution in [-0.4, -0.2) is 47.2 Å². The number of carboxylic acids is 1. The molecule has 0 aliphatic carbocycles. The Labute approximate surface area is 192 Å². The molecule has 3 heterocycles. The number of nitrogens with zero attached hydrogens (tertiary/aromatic N) is 1. The van der Waals surface area contributed by atoms with Gasteiger partial charge < -0.3 is 23.9 Å². The molecule has 1 amide bonds. The second kappa shape index (κ2) is 9.08. The molecule has 0 bridgehead atoms. The Morgan fingerprint density at radius 2 is 1.97 bits per heavy atom. The van der Waals surface area contributed by atoms with Crippen LogP contribution in [0.5, 0.6) is 11.5 Å². The van der Waals surface area contributed by atoms with Crippen molar-refractivity contribution >= 4 is 22.8 Å². The summed E-state index contributed by atoms with van der Waals surface area (Å²) >= 11 is 0. The molecule has 0 spiro atoms. The largest absolute Gasteiger partial charge is 0.487 e. The van der Waals surface area contributed by atoms with Gasteiger partial charge in [0, 0.05) is 30.8 Å². The normalized spacial score (nSPS) is 18.0. The third-order valence-electron chi connectivity index (χ3n) is 6.55. The first kappa shape index (κ1) is 23.1. The van der Waals surface area contributed by atoms with E-state index in [9.17, 15) is 14.4 Å². The van der Waals surface area contributed by atoms with Gasteiger partial charge in [-0.05, 0) is 51.5 Å². The van der Waals surface area contributed by atoms with E-state index in [2.05, 4.69) is 0 Å². The fourth-order valence-corrected chi connectivity index (χ4v) is 4.70. The van der Waals surface area contributed by atoms with E-state index in [1.165, 1.54) is 6.07 Å². The first-order valence-corrected chi connectivity index (χ1v) is 11.6. The van der Waals surface area contributed by atoms with Crippen molar-refractivity contribution in [1.82, 2.24) is 4.90 Å². The molecule has 1 N–H and O–H groups in total. The average molecular weight is 458 g/mol. The molecule has 178 valence electrons. The third-order valence-corrected chi connectivity index (χ3v) is 6.55. The average Bonchev–Trinajstić information content (AvgIpc) is 2.76. The third kappa shape index (κ3) is 4.84. The van der Waals surface area contributed by atoms with Crippen molar-refractivity contribution in [3.8, 4) is 11.5 Å². The molecular formula is C25H31NO7. The van der Waals surface area contributed by atoms with Gasteiger partial charge in [0.2, 0.25) is 0 Å². The lowest BCUT2D eigenvalue weighted by atomic mass is 9.91. The van der Waals surface area contributed by atoms with Crippen LogP contribution in [0.1, 0.15) is 57.6 Å². The summed E-state index contributed by atoms with van der Waals surface area (Å²) in [6, 6.07) is 3.30. The number of aryl methyl sites for hydroxylation is 2. The molecule has 8 heteroatoms. The molecule has 1 fully saturated rings. The zero-order chi connectivity index (χ0) is 23.8. The van der Waals surface area contributed by atoms with E-state index in [0.717, 1.165) is 35.8 Å². The van der Waals surface area contributed by atoms with Gasteiger partial charge in [-0.3, -0.25) is 9.59 Å². The molecule has 33 heavy (non-hydrogen) atoms. The van der Waals surface area contributed by atoms with Crippen molar-refractivity contribution in [2.24, 2.45) is 5.92 Å². The molecule has 2 aliphatic rings. The van der Waals surface area contributed by atoms with Crippen LogP contribution >= 0.6 is 0 Å². The van der Waals surface area contributed by atoms with E-state index in [-0.39, 0.29) is 18.1 Å². The summed E-state index contributed by atoms with van der Waals surface area (Å²) < 4.78 is 17.8. The number of aliphatic carboxylic acids is 1. The van der Waals surface area contributed by atoms with Gasteiger partial charge in [0.25, 0.3) is 5.91 Å². The van der Waals surface area contributed by atoms with E-state index in [4.69, 9.17) is 19.0 Å². The maximum atomic E-state index is 12.8. The monoisotopic (exact) mass is 457 g/mol. The molecule has 0 saturated carbocycles. The number of amides is 1. The Morgan fingerprint density at radius 3 is 2.64 bits per heavy atom. The highest BCUT2D eigenvalue weighted by atomic mass is 16.5. The first-order valence-electron chi connectivity index (χ1n) is 11.6. The number of ether oxygens (including phenoxy) is 2. The van der Waals surface area contributed by atoms with Crippen molar-refractivity contribution in [2.75, 3.05) is 19.7 Å². The number of carbonyl (C=O) groups is 2. The van der Waals surface area contributed by atoms with Crippen molar-refractivity contribution in [3.05, 3.63) is 33.7 Å². The van der Waals surface area contributed by atoms with Gasteiger partial charge in [-0.15, -0.1) is 0 Å². The van der Waals surface area contributed by atoms with Gasteiger partial charge in [0.05, 0.1) is 11.3 Å². The first-order chi connectivity index (χ1) is 15.7. The predicted octanol–water partition coefficient (Wildman–Crippen LogP) is 3.55. The van der Waals surface area contributed by atoms with Gasteiger partial charge in [0.15, 0.2) is 6.61 Å². The summed E-state index contributed by atoms with van der Waals surface area (Å²) in [5.41, 5.74) is 1.40. The summed E-state index contributed by atoms with van der Waals surface area (Å²) in [5, 5.41) is 9.89. The van der Waals surface area contributed by atoms with E-state index in [1.807, 2.05) is 26.8 Å². The smallest absolute Gasteiger partial charge is 0.336 e. The zero-order valence-corrected chi connectivity index (χ0v) is 19.4. The van der Waals surface area contributed by atoms with E-state index in [0.29, 0.717) is 49.4 Å². The van der Waals surface area contributed by atoms with Crippen molar-refractivity contribution in [2.45, 2.75) is 64.9 Å². The summed E-state index contributed by atoms with van der Waals surface area (Å²) in [6.07, 6.45) is 3.92. The zero-order valence-electron chi connectivity index (χ0n) is 19.4. The molecule has 2 aliphatic heterocycles. The number of rotatable bonds is 6. The number of fused-ring (bicyclic) bond motifs is 3. The molecule has 0 atom stereocenters. The molecule has 2 aromatic rings. The molecule has 1 aromatic carbocycles. The Kier molecular flexibility index (Phi) is 6.36. The van der Waals surface area contributed by atoms with Crippen LogP contribution in [0.15, 0.2) is 21.3 Å². The standard InChI is InChI=1S/C25H31NO7/c1-4-5-16-12-21(28)32-23-17-6-9-25(2,3)33-18(17)13-19(22(16)23)31-14-20(27)26-10-7-15(8-11-26)24(29)30/h12-13,15H,4-11,14H2,1-3H3,(H,29,30). The number of hydrogen-bond donors (Lipinski definition) is 1. The lowest BCUT2D eigenvalue weighted by Crippen LogP contribution is -2.42. The lowest BCUT2D eigenvalue weighted by molar-refractivity contribution is -0.146. The predicted molar refractivity (Wildman–Crippen MR) is 122 cm³/mol. The van der Waals surface area contributed by atoms with Gasteiger partial charge in [-0.25, -0.2) is 4.79 Å². The van der Waals surface area contributed by atoms with Gasteiger partial charge in [-0.1, -0.05) is 13.3 Å². The highest BCUT2D eigenvalue weighted by Gasteiger charge is 2.31. The number of likely N-dealkylation sites (tertiary alicyclic amines) is 1. The minimum Gasteiger partial charge on any atom is -0.487 e.